The van der Waals surface area contributed by atoms with Gasteiger partial charge in [0, 0.05) is 78.4 Å². The minimum atomic E-state index is -0.991. The molecule has 2 aliphatic rings. The highest BCUT2D eigenvalue weighted by Crippen LogP contribution is 2.45. The van der Waals surface area contributed by atoms with Gasteiger partial charge in [-0.15, -0.1) is 0 Å². The second-order valence-electron chi connectivity index (χ2n) is 15.5. The molecule has 0 aliphatic carbocycles. The first-order valence-electron chi connectivity index (χ1n) is 19.6. The van der Waals surface area contributed by atoms with Gasteiger partial charge < -0.3 is 23.7 Å². The third kappa shape index (κ3) is 6.98. The monoisotopic (exact) mass is 810 g/mol. The third-order valence-corrected chi connectivity index (χ3v) is 12.6. The second-order valence-corrected chi connectivity index (χ2v) is 16.2. The first kappa shape index (κ1) is 39.0. The van der Waals surface area contributed by atoms with Gasteiger partial charge in [0.25, 0.3) is 5.91 Å². The number of amides is 1. The molecule has 0 radical (unpaired) electrons. The summed E-state index contributed by atoms with van der Waals surface area (Å²) in [6, 6.07) is 15.0. The maximum absolute atomic E-state index is 15.4. The molecular weight excluding hydrogens is 763 g/mol. The standard InChI is InChI=1S/C44H48Cl2N6O5/c1-25-20-32(21-26(2)40(25)46)57-17-7-8-33-34-11-12-35(45)39(38-28(4)47-48(6)29(38)5)41(34)52-27(3)24-51(43(53)42(33)52)37-23-30-9-10-31(44(54)55)22-36(30)50(37)14-13-49-15-18-56-19-16-49/h9-12,20-23,27H,7-8,13-19,24H2,1-6H3,(H,54,55)/t27-/m1/s1. The highest BCUT2D eigenvalue weighted by molar-refractivity contribution is 6.35. The number of aryl methyl sites for hydroxylation is 5. The Bertz CT molecular complexity index is 2540. The molecule has 11 nitrogen and oxygen atoms in total. The van der Waals surface area contributed by atoms with Crippen molar-refractivity contribution in [3.05, 3.63) is 97.9 Å². The first-order chi connectivity index (χ1) is 27.3. The molecule has 8 rings (SSSR count). The fourth-order valence-corrected chi connectivity index (χ4v) is 9.18. The molecule has 0 spiro atoms. The lowest BCUT2D eigenvalue weighted by molar-refractivity contribution is 0.0366. The number of anilines is 1. The van der Waals surface area contributed by atoms with E-state index < -0.39 is 5.97 Å². The van der Waals surface area contributed by atoms with Gasteiger partial charge in [-0.05, 0) is 101 Å². The molecule has 1 fully saturated rings. The summed E-state index contributed by atoms with van der Waals surface area (Å²) in [5.41, 5.74) is 9.11. The lowest BCUT2D eigenvalue weighted by Crippen LogP contribution is -2.44. The maximum Gasteiger partial charge on any atom is 0.335 e. The number of carboxylic acid groups (broad SMARTS) is 1. The number of benzene rings is 3. The van der Waals surface area contributed by atoms with Crippen LogP contribution < -0.4 is 9.64 Å². The quantitative estimate of drug-likeness (QED) is 0.130. The number of carbonyl (C=O) groups is 2. The minimum absolute atomic E-state index is 0.111. The number of aromatic carboxylic acids is 1. The normalized spacial score (nSPS) is 16.2. The lowest BCUT2D eigenvalue weighted by Gasteiger charge is -2.35. The lowest BCUT2D eigenvalue weighted by atomic mass is 9.98. The van der Waals surface area contributed by atoms with Crippen LogP contribution in [0.15, 0.2) is 48.5 Å². The SMILES string of the molecule is Cc1cc(OCCCc2c3n(c4c(-c5c(C)nn(C)c5C)c(Cl)ccc24)[C@H](C)CN(c2cc4ccc(C(=O)O)cc4n2CCN2CCOCC2)C3=O)cc(C)c1Cl. The van der Waals surface area contributed by atoms with E-state index in [2.05, 4.69) is 21.0 Å². The van der Waals surface area contributed by atoms with Gasteiger partial charge in [0.2, 0.25) is 0 Å². The molecule has 2 aliphatic heterocycles. The van der Waals surface area contributed by atoms with Crippen LogP contribution in [0.2, 0.25) is 10.0 Å². The smallest absolute Gasteiger partial charge is 0.335 e. The van der Waals surface area contributed by atoms with Gasteiger partial charge in [-0.25, -0.2) is 4.79 Å². The van der Waals surface area contributed by atoms with E-state index in [0.717, 1.165) is 97.2 Å². The average Bonchev–Trinajstić information content (AvgIpc) is 3.81. The topological polar surface area (TPSA) is 107 Å². The van der Waals surface area contributed by atoms with E-state index in [1.807, 2.05) is 80.7 Å². The maximum atomic E-state index is 15.4. The van der Waals surface area contributed by atoms with Crippen molar-refractivity contribution in [3.8, 4) is 16.9 Å². The largest absolute Gasteiger partial charge is 0.494 e. The number of halogens is 2. The molecule has 1 saturated heterocycles. The molecule has 0 bridgehead atoms. The average molecular weight is 812 g/mol. The second kappa shape index (κ2) is 15.5. The molecule has 0 saturated carbocycles. The van der Waals surface area contributed by atoms with E-state index >= 15 is 4.79 Å². The first-order valence-corrected chi connectivity index (χ1v) is 20.3. The van der Waals surface area contributed by atoms with E-state index in [9.17, 15) is 9.90 Å². The van der Waals surface area contributed by atoms with Crippen molar-refractivity contribution in [1.82, 2.24) is 23.8 Å². The number of hydrogen-bond acceptors (Lipinski definition) is 6. The Hall–Kier alpha value is -4.81. The van der Waals surface area contributed by atoms with Crippen LogP contribution in [0, 0.1) is 27.7 Å². The van der Waals surface area contributed by atoms with E-state index in [4.69, 9.17) is 37.8 Å². The van der Waals surface area contributed by atoms with Crippen molar-refractivity contribution in [1.29, 1.82) is 0 Å². The number of fused-ring (bicyclic) bond motifs is 4. The molecule has 1 N–H and O–H groups in total. The Balaban J connectivity index is 1.25. The third-order valence-electron chi connectivity index (χ3n) is 11.7. The molecule has 57 heavy (non-hydrogen) atoms. The van der Waals surface area contributed by atoms with Crippen molar-refractivity contribution in [2.45, 2.75) is 60.0 Å². The van der Waals surface area contributed by atoms with Gasteiger partial charge in [0.05, 0.1) is 47.1 Å². The molecule has 1 amide bonds. The van der Waals surface area contributed by atoms with Crippen molar-refractivity contribution in [3.63, 3.8) is 0 Å². The summed E-state index contributed by atoms with van der Waals surface area (Å²) in [6.45, 7) is 15.3. The minimum Gasteiger partial charge on any atom is -0.494 e. The Labute approximate surface area is 342 Å². The Morgan fingerprint density at radius 3 is 2.40 bits per heavy atom. The van der Waals surface area contributed by atoms with Crippen LogP contribution in [-0.4, -0.2) is 86.8 Å². The van der Waals surface area contributed by atoms with Crippen LogP contribution in [0.4, 0.5) is 5.82 Å². The molecule has 3 aromatic carbocycles. The van der Waals surface area contributed by atoms with E-state index in [-0.39, 0.29) is 17.5 Å². The number of carbonyl (C=O) groups excluding carboxylic acids is 1. The Morgan fingerprint density at radius 1 is 0.982 bits per heavy atom. The van der Waals surface area contributed by atoms with E-state index in [0.29, 0.717) is 56.5 Å². The zero-order valence-electron chi connectivity index (χ0n) is 33.3. The molecule has 13 heteroatoms. The van der Waals surface area contributed by atoms with Crippen molar-refractivity contribution in [2.75, 3.05) is 50.9 Å². The van der Waals surface area contributed by atoms with E-state index in [1.165, 1.54) is 0 Å². The van der Waals surface area contributed by atoms with Crippen LogP contribution in [-0.2, 0) is 24.8 Å². The summed E-state index contributed by atoms with van der Waals surface area (Å²) in [7, 11) is 1.93. The predicted octanol–water partition coefficient (Wildman–Crippen LogP) is 8.80. The number of aromatic nitrogens is 4. The number of rotatable bonds is 11. The zero-order valence-corrected chi connectivity index (χ0v) is 34.8. The number of ether oxygens (including phenoxy) is 2. The highest BCUT2D eigenvalue weighted by Gasteiger charge is 2.38. The Morgan fingerprint density at radius 2 is 1.72 bits per heavy atom. The summed E-state index contributed by atoms with van der Waals surface area (Å²) in [5, 5.41) is 17.9. The highest BCUT2D eigenvalue weighted by atomic mass is 35.5. The summed E-state index contributed by atoms with van der Waals surface area (Å²) in [5.74, 6) is 0.408. The fourth-order valence-electron chi connectivity index (χ4n) is 8.82. The van der Waals surface area contributed by atoms with E-state index in [1.54, 1.807) is 12.1 Å². The summed E-state index contributed by atoms with van der Waals surface area (Å²) in [4.78, 5) is 31.7. The molecule has 0 unspecified atom stereocenters. The van der Waals surface area contributed by atoms with Gasteiger partial charge >= 0.3 is 5.97 Å². The van der Waals surface area contributed by atoms with Gasteiger partial charge in [-0.3, -0.25) is 19.3 Å². The number of carboxylic acids is 1. The van der Waals surface area contributed by atoms with Crippen molar-refractivity contribution >= 4 is 62.7 Å². The van der Waals surface area contributed by atoms with Gasteiger partial charge in [0.15, 0.2) is 0 Å². The zero-order chi connectivity index (χ0) is 40.3. The summed E-state index contributed by atoms with van der Waals surface area (Å²) >= 11 is 13.6. The van der Waals surface area contributed by atoms with Crippen molar-refractivity contribution in [2.24, 2.45) is 7.05 Å². The fraction of sp³-hybridized carbons (Fsp3) is 0.386. The molecule has 6 aromatic rings. The predicted molar refractivity (Wildman–Crippen MR) is 226 cm³/mol. The van der Waals surface area contributed by atoms with Gasteiger partial charge in [-0.2, -0.15) is 5.10 Å². The van der Waals surface area contributed by atoms with Crippen LogP contribution in [0.1, 0.15) is 68.3 Å². The number of nitrogens with zero attached hydrogens (tertiary/aromatic N) is 6. The van der Waals surface area contributed by atoms with Crippen LogP contribution in [0.25, 0.3) is 32.9 Å². The molecule has 1 atom stereocenters. The molecule has 5 heterocycles. The van der Waals surface area contributed by atoms with Gasteiger partial charge in [0.1, 0.15) is 17.3 Å². The van der Waals surface area contributed by atoms with Crippen LogP contribution in [0.5, 0.6) is 5.75 Å². The molecular formula is C44H48Cl2N6O5. The van der Waals surface area contributed by atoms with Crippen LogP contribution >= 0.6 is 23.2 Å². The summed E-state index contributed by atoms with van der Waals surface area (Å²) < 4.78 is 18.1. The van der Waals surface area contributed by atoms with Crippen LogP contribution in [0.3, 0.4) is 0 Å². The van der Waals surface area contributed by atoms with Gasteiger partial charge in [-0.1, -0.05) is 35.3 Å². The summed E-state index contributed by atoms with van der Waals surface area (Å²) in [6.07, 6.45) is 1.25. The number of hydrogen-bond donors (Lipinski definition) is 1. The molecule has 298 valence electrons. The Kier molecular flexibility index (Phi) is 10.6. The van der Waals surface area contributed by atoms with Crippen molar-refractivity contribution < 1.29 is 24.2 Å². The molecule has 3 aromatic heterocycles. The number of morpholine rings is 1.